The fourth-order valence-electron chi connectivity index (χ4n) is 1.86. The van der Waals surface area contributed by atoms with Gasteiger partial charge in [0.15, 0.2) is 5.82 Å². The fraction of sp³-hybridized carbons (Fsp3) is 0.312. The highest BCUT2D eigenvalue weighted by Gasteiger charge is 2.06. The molecule has 1 heterocycles. The predicted octanol–water partition coefficient (Wildman–Crippen LogP) is 3.01. The second-order valence-electron chi connectivity index (χ2n) is 4.94. The van der Waals surface area contributed by atoms with E-state index in [1.54, 1.807) is 24.3 Å². The van der Waals surface area contributed by atoms with Gasteiger partial charge in [0, 0.05) is 6.54 Å². The van der Waals surface area contributed by atoms with E-state index in [0.29, 0.717) is 11.6 Å². The van der Waals surface area contributed by atoms with Crippen molar-refractivity contribution in [1.29, 1.82) is 0 Å². The molecule has 0 unspecified atom stereocenters. The molecule has 1 aromatic heterocycles. The molecule has 0 saturated heterocycles. The number of anilines is 2. The van der Waals surface area contributed by atoms with Crippen LogP contribution in [0.4, 0.5) is 16.0 Å². The lowest BCUT2D eigenvalue weighted by Gasteiger charge is -2.06. The number of hydrogen-bond acceptors (Lipinski definition) is 4. The van der Waals surface area contributed by atoms with Crippen molar-refractivity contribution in [2.45, 2.75) is 26.2 Å². The van der Waals surface area contributed by atoms with Gasteiger partial charge in [-0.15, -0.1) is 10.2 Å². The van der Waals surface area contributed by atoms with Gasteiger partial charge in [-0.1, -0.05) is 25.5 Å². The molecule has 22 heavy (non-hydrogen) atoms. The van der Waals surface area contributed by atoms with E-state index in [-0.39, 0.29) is 18.1 Å². The average Bonchev–Trinajstić information content (AvgIpc) is 2.51. The third-order valence-corrected chi connectivity index (χ3v) is 3.05. The minimum atomic E-state index is -0.318. The first-order chi connectivity index (χ1) is 10.7. The zero-order valence-electron chi connectivity index (χ0n) is 12.5. The van der Waals surface area contributed by atoms with Crippen molar-refractivity contribution >= 4 is 17.5 Å². The summed E-state index contributed by atoms with van der Waals surface area (Å²) in [5.74, 6) is 0.548. The SMILES string of the molecule is CCCCNc1ccc(NC(=O)Cc2ccc(F)cc2)nn1. The second-order valence-corrected chi connectivity index (χ2v) is 4.94. The molecule has 0 aliphatic heterocycles. The molecule has 0 fully saturated rings. The molecule has 0 bridgehead atoms. The molecule has 0 radical (unpaired) electrons. The van der Waals surface area contributed by atoms with Gasteiger partial charge in [0.05, 0.1) is 6.42 Å². The maximum Gasteiger partial charge on any atom is 0.229 e. The van der Waals surface area contributed by atoms with E-state index in [4.69, 9.17) is 0 Å². The Labute approximate surface area is 129 Å². The normalized spacial score (nSPS) is 10.3. The summed E-state index contributed by atoms with van der Waals surface area (Å²) in [6, 6.07) is 9.31. The maximum atomic E-state index is 12.8. The number of rotatable bonds is 7. The van der Waals surface area contributed by atoms with Crippen LogP contribution in [0.15, 0.2) is 36.4 Å². The summed E-state index contributed by atoms with van der Waals surface area (Å²) in [5, 5.41) is 13.8. The summed E-state index contributed by atoms with van der Waals surface area (Å²) < 4.78 is 12.8. The predicted molar refractivity (Wildman–Crippen MR) is 84.2 cm³/mol. The Morgan fingerprint density at radius 1 is 1.09 bits per heavy atom. The molecule has 116 valence electrons. The molecule has 1 aromatic carbocycles. The van der Waals surface area contributed by atoms with Crippen LogP contribution in [0.2, 0.25) is 0 Å². The van der Waals surface area contributed by atoms with Crippen LogP contribution >= 0.6 is 0 Å². The van der Waals surface area contributed by atoms with Crippen molar-refractivity contribution in [1.82, 2.24) is 10.2 Å². The number of hydrogen-bond donors (Lipinski definition) is 2. The van der Waals surface area contributed by atoms with Crippen LogP contribution in [0.3, 0.4) is 0 Å². The van der Waals surface area contributed by atoms with Gasteiger partial charge >= 0.3 is 0 Å². The van der Waals surface area contributed by atoms with Crippen LogP contribution in [0.25, 0.3) is 0 Å². The Bertz CT molecular complexity index is 599. The number of nitrogens with one attached hydrogen (secondary N) is 2. The Morgan fingerprint density at radius 3 is 2.41 bits per heavy atom. The third kappa shape index (κ3) is 5.12. The molecule has 0 aliphatic rings. The smallest absolute Gasteiger partial charge is 0.229 e. The summed E-state index contributed by atoms with van der Waals surface area (Å²) in [4.78, 5) is 11.9. The van der Waals surface area contributed by atoms with E-state index in [2.05, 4.69) is 27.8 Å². The number of amides is 1. The van der Waals surface area contributed by atoms with Gasteiger partial charge in [-0.2, -0.15) is 0 Å². The Hall–Kier alpha value is -2.50. The zero-order valence-corrected chi connectivity index (χ0v) is 12.5. The molecule has 2 aromatic rings. The lowest BCUT2D eigenvalue weighted by Crippen LogP contribution is -2.16. The van der Waals surface area contributed by atoms with E-state index in [1.165, 1.54) is 12.1 Å². The van der Waals surface area contributed by atoms with E-state index in [0.717, 1.165) is 24.9 Å². The van der Waals surface area contributed by atoms with Crippen LogP contribution in [0.1, 0.15) is 25.3 Å². The van der Waals surface area contributed by atoms with Crippen LogP contribution in [-0.2, 0) is 11.2 Å². The molecule has 2 rings (SSSR count). The van der Waals surface area contributed by atoms with Gasteiger partial charge in [0.1, 0.15) is 11.6 Å². The Kier molecular flexibility index (Phi) is 5.82. The van der Waals surface area contributed by atoms with E-state index in [1.807, 2.05) is 0 Å². The highest BCUT2D eigenvalue weighted by atomic mass is 19.1. The molecule has 1 amide bonds. The molecule has 0 aliphatic carbocycles. The van der Waals surface area contributed by atoms with Crippen molar-refractivity contribution < 1.29 is 9.18 Å². The third-order valence-electron chi connectivity index (χ3n) is 3.05. The van der Waals surface area contributed by atoms with Crippen LogP contribution in [0, 0.1) is 5.82 Å². The number of carbonyl (C=O) groups excluding carboxylic acids is 1. The second kappa shape index (κ2) is 8.07. The lowest BCUT2D eigenvalue weighted by molar-refractivity contribution is -0.115. The molecule has 0 atom stereocenters. The van der Waals surface area contributed by atoms with Crippen LogP contribution in [-0.4, -0.2) is 22.6 Å². The lowest BCUT2D eigenvalue weighted by atomic mass is 10.1. The van der Waals surface area contributed by atoms with Gasteiger partial charge < -0.3 is 10.6 Å². The summed E-state index contributed by atoms with van der Waals surface area (Å²) >= 11 is 0. The van der Waals surface area contributed by atoms with Gasteiger partial charge in [-0.25, -0.2) is 4.39 Å². The molecule has 0 saturated carbocycles. The highest BCUT2D eigenvalue weighted by Crippen LogP contribution is 2.08. The Morgan fingerprint density at radius 2 is 1.77 bits per heavy atom. The highest BCUT2D eigenvalue weighted by molar-refractivity contribution is 5.91. The van der Waals surface area contributed by atoms with Crippen molar-refractivity contribution in [2.24, 2.45) is 0 Å². The van der Waals surface area contributed by atoms with Gasteiger partial charge in [-0.05, 0) is 36.2 Å². The maximum absolute atomic E-state index is 12.8. The van der Waals surface area contributed by atoms with E-state index in [9.17, 15) is 9.18 Å². The number of aromatic nitrogens is 2. The van der Waals surface area contributed by atoms with E-state index < -0.39 is 0 Å². The minimum Gasteiger partial charge on any atom is -0.369 e. The summed E-state index contributed by atoms with van der Waals surface area (Å²) in [7, 11) is 0. The number of unbranched alkanes of at least 4 members (excludes halogenated alkanes) is 1. The monoisotopic (exact) mass is 302 g/mol. The summed E-state index contributed by atoms with van der Waals surface area (Å²) in [6.07, 6.45) is 2.34. The zero-order chi connectivity index (χ0) is 15.8. The van der Waals surface area contributed by atoms with Crippen molar-refractivity contribution in [2.75, 3.05) is 17.2 Å². The molecule has 2 N–H and O–H groups in total. The molecule has 6 heteroatoms. The number of halogens is 1. The van der Waals surface area contributed by atoms with Crippen molar-refractivity contribution in [3.63, 3.8) is 0 Å². The van der Waals surface area contributed by atoms with E-state index >= 15 is 0 Å². The first-order valence-corrected chi connectivity index (χ1v) is 7.29. The number of carbonyl (C=O) groups is 1. The molecule has 5 nitrogen and oxygen atoms in total. The topological polar surface area (TPSA) is 66.9 Å². The van der Waals surface area contributed by atoms with Crippen molar-refractivity contribution in [3.05, 3.63) is 47.8 Å². The molecular weight excluding hydrogens is 283 g/mol. The first-order valence-electron chi connectivity index (χ1n) is 7.29. The summed E-state index contributed by atoms with van der Waals surface area (Å²) in [6.45, 7) is 2.97. The first kappa shape index (κ1) is 15.9. The van der Waals surface area contributed by atoms with Gasteiger partial charge in [0.2, 0.25) is 5.91 Å². The van der Waals surface area contributed by atoms with Gasteiger partial charge in [-0.3, -0.25) is 4.79 Å². The largest absolute Gasteiger partial charge is 0.369 e. The Balaban J connectivity index is 1.84. The fourth-order valence-corrected chi connectivity index (χ4v) is 1.86. The summed E-state index contributed by atoms with van der Waals surface area (Å²) in [5.41, 5.74) is 0.740. The average molecular weight is 302 g/mol. The number of nitrogens with zero attached hydrogens (tertiary/aromatic N) is 2. The van der Waals surface area contributed by atoms with Crippen molar-refractivity contribution in [3.8, 4) is 0 Å². The van der Waals surface area contributed by atoms with Gasteiger partial charge in [0.25, 0.3) is 0 Å². The standard InChI is InChI=1S/C16H19FN4O/c1-2-3-10-18-14-8-9-15(21-20-14)19-16(22)11-12-4-6-13(17)7-5-12/h4-9H,2-3,10-11H2,1H3,(H,18,20)(H,19,21,22). The number of benzene rings is 1. The quantitative estimate of drug-likeness (QED) is 0.772. The van der Waals surface area contributed by atoms with Crippen LogP contribution in [0.5, 0.6) is 0 Å². The molecular formula is C16H19FN4O. The van der Waals surface area contributed by atoms with Crippen LogP contribution < -0.4 is 10.6 Å². The minimum absolute atomic E-state index is 0.165. The molecule has 0 spiro atoms.